The summed E-state index contributed by atoms with van der Waals surface area (Å²) in [4.78, 5) is 26.1. The van der Waals surface area contributed by atoms with Gasteiger partial charge >= 0.3 is 0 Å². The highest BCUT2D eigenvalue weighted by molar-refractivity contribution is 5.94. The van der Waals surface area contributed by atoms with Crippen molar-refractivity contribution < 1.29 is 4.79 Å². The zero-order chi connectivity index (χ0) is 12.3. The highest BCUT2D eigenvalue weighted by atomic mass is 35.5. The van der Waals surface area contributed by atoms with E-state index < -0.39 is 0 Å². The predicted molar refractivity (Wildman–Crippen MR) is 72.4 cm³/mol. The van der Waals surface area contributed by atoms with Crippen molar-refractivity contribution in [2.24, 2.45) is 0 Å². The molecule has 1 aliphatic heterocycles. The topological polar surface area (TPSA) is 74.0 Å². The fraction of sp³-hybridized carbons (Fsp3) is 0.500. The number of aromatic nitrogens is 1. The number of carbonyl (C=O) groups is 1. The van der Waals surface area contributed by atoms with Crippen molar-refractivity contribution in [2.75, 3.05) is 13.1 Å². The quantitative estimate of drug-likeness (QED) is 0.737. The molecule has 1 amide bonds. The smallest absolute Gasteiger partial charge is 0.260 e. The molecule has 0 unspecified atom stereocenters. The summed E-state index contributed by atoms with van der Waals surface area (Å²) in [5.41, 5.74) is 0.610. The molecule has 5 nitrogen and oxygen atoms in total. The monoisotopic (exact) mass is 271 g/mol. The maximum absolute atomic E-state index is 11.9. The lowest BCUT2D eigenvalue weighted by atomic mass is 10.1. The lowest BCUT2D eigenvalue weighted by Crippen LogP contribution is -2.46. The van der Waals surface area contributed by atoms with E-state index in [1.165, 1.54) is 0 Å². The average Bonchev–Trinajstić information content (AvgIpc) is 2.30. The summed E-state index contributed by atoms with van der Waals surface area (Å²) in [5.74, 6) is -0.292. The van der Waals surface area contributed by atoms with Gasteiger partial charge in [-0.2, -0.15) is 0 Å². The van der Waals surface area contributed by atoms with Gasteiger partial charge in [-0.1, -0.05) is 0 Å². The van der Waals surface area contributed by atoms with Crippen molar-refractivity contribution >= 4 is 18.3 Å². The van der Waals surface area contributed by atoms with Gasteiger partial charge in [-0.25, -0.2) is 0 Å². The Morgan fingerprint density at radius 2 is 2.22 bits per heavy atom. The second-order valence-electron chi connectivity index (χ2n) is 4.40. The van der Waals surface area contributed by atoms with Crippen molar-refractivity contribution in [1.82, 2.24) is 15.6 Å². The average molecular weight is 272 g/mol. The van der Waals surface area contributed by atoms with E-state index >= 15 is 0 Å². The molecule has 1 aromatic rings. The van der Waals surface area contributed by atoms with E-state index in [-0.39, 0.29) is 35.5 Å². The molecule has 18 heavy (non-hydrogen) atoms. The first-order valence-corrected chi connectivity index (χ1v) is 5.88. The van der Waals surface area contributed by atoms with Crippen LogP contribution < -0.4 is 16.2 Å². The minimum atomic E-state index is -0.328. The molecule has 0 radical (unpaired) electrons. The molecule has 1 aliphatic rings. The van der Waals surface area contributed by atoms with Gasteiger partial charge in [0.25, 0.3) is 11.5 Å². The molecule has 0 bridgehead atoms. The normalized spacial score (nSPS) is 18.8. The summed E-state index contributed by atoms with van der Waals surface area (Å²) in [6, 6.07) is 3.42. The summed E-state index contributed by atoms with van der Waals surface area (Å²) < 4.78 is 0. The highest BCUT2D eigenvalue weighted by Crippen LogP contribution is 2.02. The Kier molecular flexibility index (Phi) is 5.37. The second kappa shape index (κ2) is 6.56. The molecular formula is C12H18ClN3O2. The van der Waals surface area contributed by atoms with Crippen molar-refractivity contribution in [2.45, 2.75) is 25.8 Å². The Balaban J connectivity index is 0.00000162. The number of carbonyl (C=O) groups excluding carboxylic acids is 1. The molecule has 1 aromatic heterocycles. The maximum Gasteiger partial charge on any atom is 0.260 e. The molecule has 3 N–H and O–H groups in total. The van der Waals surface area contributed by atoms with Crippen molar-refractivity contribution in [3.05, 3.63) is 33.7 Å². The first kappa shape index (κ1) is 14.7. The molecule has 2 heterocycles. The molecule has 0 aromatic carbocycles. The van der Waals surface area contributed by atoms with Crippen LogP contribution in [-0.4, -0.2) is 30.0 Å². The Labute approximate surface area is 112 Å². The van der Waals surface area contributed by atoms with Crippen LogP contribution in [0.1, 0.15) is 28.9 Å². The third-order valence-electron chi connectivity index (χ3n) is 2.93. The minimum Gasteiger partial charge on any atom is -0.348 e. The van der Waals surface area contributed by atoms with Gasteiger partial charge in [0, 0.05) is 18.3 Å². The van der Waals surface area contributed by atoms with Crippen LogP contribution >= 0.6 is 12.4 Å². The van der Waals surface area contributed by atoms with E-state index in [0.717, 1.165) is 31.6 Å². The van der Waals surface area contributed by atoms with E-state index in [2.05, 4.69) is 15.6 Å². The molecule has 100 valence electrons. The number of pyridine rings is 1. The van der Waals surface area contributed by atoms with Gasteiger partial charge in [0.1, 0.15) is 5.56 Å². The lowest BCUT2D eigenvalue weighted by Gasteiger charge is -2.23. The Morgan fingerprint density at radius 1 is 1.44 bits per heavy atom. The fourth-order valence-electron chi connectivity index (χ4n) is 1.99. The van der Waals surface area contributed by atoms with Gasteiger partial charge in [-0.15, -0.1) is 12.4 Å². The first-order chi connectivity index (χ1) is 8.16. The molecule has 0 aliphatic carbocycles. The summed E-state index contributed by atoms with van der Waals surface area (Å²) in [6.07, 6.45) is 2.01. The molecule has 2 rings (SSSR count). The number of aryl methyl sites for hydroxylation is 1. The lowest BCUT2D eigenvalue weighted by molar-refractivity contribution is 0.0929. The third kappa shape index (κ3) is 3.58. The zero-order valence-corrected chi connectivity index (χ0v) is 11.1. The van der Waals surface area contributed by atoms with Crippen LogP contribution in [0.3, 0.4) is 0 Å². The minimum absolute atomic E-state index is 0. The van der Waals surface area contributed by atoms with Gasteiger partial charge in [0.05, 0.1) is 0 Å². The van der Waals surface area contributed by atoms with E-state index in [1.54, 1.807) is 19.1 Å². The Morgan fingerprint density at radius 3 is 2.83 bits per heavy atom. The summed E-state index contributed by atoms with van der Waals surface area (Å²) in [7, 11) is 0. The molecule has 1 fully saturated rings. The highest BCUT2D eigenvalue weighted by Gasteiger charge is 2.17. The standard InChI is InChI=1S/C12H17N3O2.ClH/c1-8-4-5-10(11(16)14-8)12(17)15-9-3-2-6-13-7-9;/h4-5,9,13H,2-3,6-7H2,1H3,(H,14,16)(H,15,17);1H/t9-;/m1./s1. The van der Waals surface area contributed by atoms with Gasteiger partial charge in [-0.05, 0) is 38.4 Å². The van der Waals surface area contributed by atoms with Crippen LogP contribution in [0.4, 0.5) is 0 Å². The van der Waals surface area contributed by atoms with Gasteiger partial charge in [-0.3, -0.25) is 9.59 Å². The Hall–Kier alpha value is -1.33. The number of aromatic amines is 1. The molecule has 1 saturated heterocycles. The number of hydrogen-bond donors (Lipinski definition) is 3. The largest absolute Gasteiger partial charge is 0.348 e. The van der Waals surface area contributed by atoms with Crippen LogP contribution in [0.25, 0.3) is 0 Å². The van der Waals surface area contributed by atoms with Crippen LogP contribution in [0.5, 0.6) is 0 Å². The van der Waals surface area contributed by atoms with Crippen molar-refractivity contribution in [3.8, 4) is 0 Å². The van der Waals surface area contributed by atoms with Gasteiger partial charge in [0.2, 0.25) is 0 Å². The van der Waals surface area contributed by atoms with Crippen molar-refractivity contribution in [3.63, 3.8) is 0 Å². The van der Waals surface area contributed by atoms with Crippen LogP contribution in [-0.2, 0) is 0 Å². The molecular weight excluding hydrogens is 254 g/mol. The number of rotatable bonds is 2. The maximum atomic E-state index is 11.9. The summed E-state index contributed by atoms with van der Waals surface area (Å²) in [6.45, 7) is 3.56. The van der Waals surface area contributed by atoms with Crippen molar-refractivity contribution in [1.29, 1.82) is 0 Å². The molecule has 0 saturated carbocycles. The van der Waals surface area contributed by atoms with E-state index in [0.29, 0.717) is 0 Å². The number of nitrogens with one attached hydrogen (secondary N) is 3. The van der Waals surface area contributed by atoms with E-state index in [1.807, 2.05) is 0 Å². The van der Waals surface area contributed by atoms with Crippen LogP contribution in [0, 0.1) is 6.92 Å². The number of piperidine rings is 1. The fourth-order valence-corrected chi connectivity index (χ4v) is 1.99. The summed E-state index contributed by atoms with van der Waals surface area (Å²) >= 11 is 0. The van der Waals surface area contributed by atoms with Crippen LogP contribution in [0.15, 0.2) is 16.9 Å². The number of hydrogen-bond acceptors (Lipinski definition) is 3. The number of amides is 1. The molecule has 1 atom stereocenters. The first-order valence-electron chi connectivity index (χ1n) is 5.88. The van der Waals surface area contributed by atoms with Crippen LogP contribution in [0.2, 0.25) is 0 Å². The summed E-state index contributed by atoms with van der Waals surface area (Å²) in [5, 5.41) is 6.09. The van der Waals surface area contributed by atoms with E-state index in [9.17, 15) is 9.59 Å². The van der Waals surface area contributed by atoms with E-state index in [4.69, 9.17) is 0 Å². The predicted octanol–water partition coefficient (Wildman–Crippen LogP) is 0.587. The zero-order valence-electron chi connectivity index (χ0n) is 10.3. The molecule has 6 heteroatoms. The molecule has 0 spiro atoms. The second-order valence-corrected chi connectivity index (χ2v) is 4.40. The third-order valence-corrected chi connectivity index (χ3v) is 2.93. The van der Waals surface area contributed by atoms with Gasteiger partial charge < -0.3 is 15.6 Å². The SMILES string of the molecule is Cc1ccc(C(=O)N[C@@H]2CCCNC2)c(=O)[nH]1.Cl. The Bertz CT molecular complexity index is 467. The van der Waals surface area contributed by atoms with Gasteiger partial charge in [0.15, 0.2) is 0 Å². The number of halogens is 1. The number of H-pyrrole nitrogens is 1.